The van der Waals surface area contributed by atoms with Crippen LogP contribution in [0.3, 0.4) is 0 Å². The average Bonchev–Trinajstić information content (AvgIpc) is 2.74. The van der Waals surface area contributed by atoms with Crippen LogP contribution in [0.1, 0.15) is 52.4 Å². The van der Waals surface area contributed by atoms with Gasteiger partial charge in [-0.3, -0.25) is 0 Å². The molecule has 17 heavy (non-hydrogen) atoms. The third-order valence-corrected chi connectivity index (χ3v) is 4.55. The molecule has 0 aromatic carbocycles. The van der Waals surface area contributed by atoms with Crippen molar-refractivity contribution < 1.29 is 0 Å². The minimum Gasteiger partial charge on any atom is -0.314 e. The van der Waals surface area contributed by atoms with E-state index in [0.717, 1.165) is 17.9 Å². The van der Waals surface area contributed by atoms with Crippen LogP contribution in [-0.4, -0.2) is 37.1 Å². The summed E-state index contributed by atoms with van der Waals surface area (Å²) < 4.78 is 0. The molecule has 2 aliphatic rings. The van der Waals surface area contributed by atoms with Gasteiger partial charge in [0, 0.05) is 19.1 Å². The first kappa shape index (κ1) is 13.4. The zero-order valence-corrected chi connectivity index (χ0v) is 11.8. The van der Waals surface area contributed by atoms with E-state index in [1.54, 1.807) is 0 Å². The Labute approximate surface area is 107 Å². The quantitative estimate of drug-likeness (QED) is 0.792. The van der Waals surface area contributed by atoms with E-state index in [1.807, 2.05) is 0 Å². The van der Waals surface area contributed by atoms with Gasteiger partial charge in [0.15, 0.2) is 0 Å². The first-order valence-corrected chi connectivity index (χ1v) is 7.75. The van der Waals surface area contributed by atoms with Crippen LogP contribution in [0, 0.1) is 11.8 Å². The molecule has 2 nitrogen and oxygen atoms in total. The molecule has 2 rings (SSSR count). The molecule has 0 amide bonds. The van der Waals surface area contributed by atoms with Gasteiger partial charge >= 0.3 is 0 Å². The van der Waals surface area contributed by atoms with Gasteiger partial charge in [0.25, 0.3) is 0 Å². The normalized spacial score (nSPS) is 35.3. The minimum absolute atomic E-state index is 0.812. The van der Waals surface area contributed by atoms with Gasteiger partial charge in [-0.1, -0.05) is 20.3 Å². The van der Waals surface area contributed by atoms with Crippen LogP contribution in [0.4, 0.5) is 0 Å². The van der Waals surface area contributed by atoms with Crippen LogP contribution in [0.5, 0.6) is 0 Å². The SMILES string of the molecule is CCCNC1CCCC1CN1CCCC(C)C1. The Morgan fingerprint density at radius 1 is 1.18 bits per heavy atom. The molecule has 0 aromatic rings. The summed E-state index contributed by atoms with van der Waals surface area (Å²) in [5.41, 5.74) is 0. The molecule has 1 aliphatic heterocycles. The number of hydrogen-bond donors (Lipinski definition) is 1. The largest absolute Gasteiger partial charge is 0.314 e. The number of nitrogens with zero attached hydrogens (tertiary/aromatic N) is 1. The molecule has 3 unspecified atom stereocenters. The van der Waals surface area contributed by atoms with Gasteiger partial charge in [-0.05, 0) is 57.0 Å². The molecule has 0 bridgehead atoms. The second kappa shape index (κ2) is 6.75. The second-order valence-electron chi connectivity index (χ2n) is 6.26. The van der Waals surface area contributed by atoms with Crippen molar-refractivity contribution in [2.75, 3.05) is 26.2 Å². The van der Waals surface area contributed by atoms with Gasteiger partial charge in [0.1, 0.15) is 0 Å². The lowest BCUT2D eigenvalue weighted by atomic mass is 9.97. The molecule has 1 N–H and O–H groups in total. The average molecular weight is 238 g/mol. The fourth-order valence-corrected chi connectivity index (χ4v) is 3.64. The molecule has 3 atom stereocenters. The first-order chi connectivity index (χ1) is 8.29. The molecule has 1 saturated carbocycles. The third kappa shape index (κ3) is 3.96. The van der Waals surface area contributed by atoms with Crippen molar-refractivity contribution in [1.29, 1.82) is 0 Å². The number of rotatable bonds is 5. The fraction of sp³-hybridized carbons (Fsp3) is 1.00. The number of hydrogen-bond acceptors (Lipinski definition) is 2. The Balaban J connectivity index is 1.76. The van der Waals surface area contributed by atoms with Crippen LogP contribution in [0.2, 0.25) is 0 Å². The van der Waals surface area contributed by atoms with E-state index >= 15 is 0 Å². The second-order valence-corrected chi connectivity index (χ2v) is 6.26. The van der Waals surface area contributed by atoms with E-state index in [-0.39, 0.29) is 0 Å². The van der Waals surface area contributed by atoms with Gasteiger partial charge in [-0.25, -0.2) is 0 Å². The highest BCUT2D eigenvalue weighted by Gasteiger charge is 2.29. The zero-order chi connectivity index (χ0) is 12.1. The summed E-state index contributed by atoms with van der Waals surface area (Å²) in [7, 11) is 0. The summed E-state index contributed by atoms with van der Waals surface area (Å²) in [4.78, 5) is 2.73. The molecule has 1 heterocycles. The van der Waals surface area contributed by atoms with Crippen molar-refractivity contribution in [2.24, 2.45) is 11.8 Å². The molecule has 0 spiro atoms. The van der Waals surface area contributed by atoms with Crippen molar-refractivity contribution in [2.45, 2.75) is 58.4 Å². The molecular formula is C15H30N2. The van der Waals surface area contributed by atoms with Crippen LogP contribution >= 0.6 is 0 Å². The number of piperidine rings is 1. The predicted octanol–water partition coefficient (Wildman–Crippen LogP) is 2.89. The van der Waals surface area contributed by atoms with Crippen molar-refractivity contribution in [3.05, 3.63) is 0 Å². The summed E-state index contributed by atoms with van der Waals surface area (Å²) in [6.07, 6.45) is 8.43. The summed E-state index contributed by atoms with van der Waals surface area (Å²) in [6, 6.07) is 0.812. The van der Waals surface area contributed by atoms with Gasteiger partial charge in [0.05, 0.1) is 0 Å². The van der Waals surface area contributed by atoms with Gasteiger partial charge in [-0.2, -0.15) is 0 Å². The predicted molar refractivity (Wildman–Crippen MR) is 74.3 cm³/mol. The highest BCUT2D eigenvalue weighted by molar-refractivity contribution is 4.86. The van der Waals surface area contributed by atoms with Crippen LogP contribution < -0.4 is 5.32 Å². The molecule has 2 heteroatoms. The maximum Gasteiger partial charge on any atom is 0.0107 e. The lowest BCUT2D eigenvalue weighted by molar-refractivity contribution is 0.151. The topological polar surface area (TPSA) is 15.3 Å². The Hall–Kier alpha value is -0.0800. The Morgan fingerprint density at radius 2 is 2.06 bits per heavy atom. The highest BCUT2D eigenvalue weighted by atomic mass is 15.1. The Morgan fingerprint density at radius 3 is 2.82 bits per heavy atom. The Bertz CT molecular complexity index is 217. The smallest absolute Gasteiger partial charge is 0.0107 e. The van der Waals surface area contributed by atoms with Crippen LogP contribution in [-0.2, 0) is 0 Å². The molecule has 100 valence electrons. The van der Waals surface area contributed by atoms with Gasteiger partial charge in [0.2, 0.25) is 0 Å². The lowest BCUT2D eigenvalue weighted by Crippen LogP contribution is -2.43. The van der Waals surface area contributed by atoms with E-state index in [0.29, 0.717) is 0 Å². The Kier molecular flexibility index (Phi) is 5.30. The molecule has 0 radical (unpaired) electrons. The first-order valence-electron chi connectivity index (χ1n) is 7.75. The molecule has 1 saturated heterocycles. The standard InChI is InChI=1S/C15H30N2/c1-3-9-16-15-8-4-7-14(15)12-17-10-5-6-13(2)11-17/h13-16H,3-12H2,1-2H3. The zero-order valence-electron chi connectivity index (χ0n) is 11.8. The van der Waals surface area contributed by atoms with E-state index < -0.39 is 0 Å². The maximum atomic E-state index is 3.76. The summed E-state index contributed by atoms with van der Waals surface area (Å²) in [5.74, 6) is 1.85. The minimum atomic E-state index is 0.812. The summed E-state index contributed by atoms with van der Waals surface area (Å²) in [5, 5.41) is 3.76. The van der Waals surface area contributed by atoms with E-state index in [2.05, 4.69) is 24.1 Å². The third-order valence-electron chi connectivity index (χ3n) is 4.55. The maximum absolute atomic E-state index is 3.76. The summed E-state index contributed by atoms with van der Waals surface area (Å²) in [6.45, 7) is 9.93. The van der Waals surface area contributed by atoms with Crippen molar-refractivity contribution in [3.63, 3.8) is 0 Å². The highest BCUT2D eigenvalue weighted by Crippen LogP contribution is 2.28. The number of likely N-dealkylation sites (tertiary alicyclic amines) is 1. The summed E-state index contributed by atoms with van der Waals surface area (Å²) >= 11 is 0. The van der Waals surface area contributed by atoms with E-state index in [9.17, 15) is 0 Å². The van der Waals surface area contributed by atoms with Gasteiger partial charge in [-0.15, -0.1) is 0 Å². The van der Waals surface area contributed by atoms with Gasteiger partial charge < -0.3 is 10.2 Å². The van der Waals surface area contributed by atoms with E-state index in [4.69, 9.17) is 0 Å². The molecule has 0 aromatic heterocycles. The fourth-order valence-electron chi connectivity index (χ4n) is 3.64. The van der Waals surface area contributed by atoms with Crippen LogP contribution in [0.25, 0.3) is 0 Å². The van der Waals surface area contributed by atoms with E-state index in [1.165, 1.54) is 64.7 Å². The van der Waals surface area contributed by atoms with Crippen molar-refractivity contribution in [1.82, 2.24) is 10.2 Å². The van der Waals surface area contributed by atoms with Crippen molar-refractivity contribution >= 4 is 0 Å². The molecule has 2 fully saturated rings. The number of nitrogens with one attached hydrogen (secondary N) is 1. The van der Waals surface area contributed by atoms with Crippen LogP contribution in [0.15, 0.2) is 0 Å². The molecule has 1 aliphatic carbocycles. The molecular weight excluding hydrogens is 208 g/mol. The monoisotopic (exact) mass is 238 g/mol. The van der Waals surface area contributed by atoms with Crippen molar-refractivity contribution in [3.8, 4) is 0 Å². The lowest BCUT2D eigenvalue weighted by Gasteiger charge is -2.34.